The molecule has 31 heavy (non-hydrogen) atoms. The predicted molar refractivity (Wildman–Crippen MR) is 123 cm³/mol. The zero-order chi connectivity index (χ0) is 22.3. The van der Waals surface area contributed by atoms with Gasteiger partial charge in [-0.3, -0.25) is 9.89 Å². The topological polar surface area (TPSA) is 109 Å². The molecule has 1 heterocycles. The quantitative estimate of drug-likeness (QED) is 0.423. The number of nitrogens with two attached hydrogens (primary N) is 1. The molecule has 3 rings (SSSR count). The molecule has 168 valence electrons. The number of hydrogen-bond donors (Lipinski definition) is 3. The average molecular weight is 446 g/mol. The maximum Gasteiger partial charge on any atom is 0.238 e. The largest absolute Gasteiger partial charge is 0.497 e. The van der Waals surface area contributed by atoms with Gasteiger partial charge in [-0.2, -0.15) is 0 Å². The average Bonchev–Trinajstić information content (AvgIpc) is 3.30. The Hall–Kier alpha value is -2.62. The molecular weight excluding hydrogens is 414 g/mol. The molecule has 0 spiro atoms. The van der Waals surface area contributed by atoms with Crippen LogP contribution in [-0.4, -0.2) is 53.1 Å². The van der Waals surface area contributed by atoms with E-state index in [1.54, 1.807) is 26.3 Å². The summed E-state index contributed by atoms with van der Waals surface area (Å²) in [5.74, 6) is 1.49. The highest BCUT2D eigenvalue weighted by Gasteiger charge is 2.24. The smallest absolute Gasteiger partial charge is 0.238 e. The summed E-state index contributed by atoms with van der Waals surface area (Å²) in [5.41, 5.74) is 2.00. The van der Waals surface area contributed by atoms with Crippen molar-refractivity contribution in [1.82, 2.24) is 15.5 Å². The molecule has 1 aliphatic rings. The molecule has 8 nitrogen and oxygen atoms in total. The Balaban J connectivity index is 1.65. The van der Waals surface area contributed by atoms with Crippen LogP contribution in [0.1, 0.15) is 30.0 Å². The molecule has 9 heteroatoms. The number of rotatable bonds is 8. The van der Waals surface area contributed by atoms with Gasteiger partial charge in [0, 0.05) is 20.1 Å². The highest BCUT2D eigenvalue weighted by Crippen LogP contribution is 2.27. The number of aliphatic imine (C=N–C) groups is 1. The number of ether oxygens (including phenoxy) is 1. The summed E-state index contributed by atoms with van der Waals surface area (Å²) >= 11 is 0. The van der Waals surface area contributed by atoms with Gasteiger partial charge < -0.3 is 15.4 Å². The molecule has 0 aliphatic carbocycles. The summed E-state index contributed by atoms with van der Waals surface area (Å²) in [6, 6.07) is 15.0. The molecule has 1 fully saturated rings. The van der Waals surface area contributed by atoms with Gasteiger partial charge in [-0.25, -0.2) is 13.6 Å². The van der Waals surface area contributed by atoms with E-state index in [2.05, 4.69) is 32.7 Å². The SMILES string of the molecule is CN=C(NCc1cccc(S(N)(=O)=O)c1)NCC(c1cccc(OC)c1)N1CCCC1. The van der Waals surface area contributed by atoms with Gasteiger partial charge in [-0.15, -0.1) is 0 Å². The van der Waals surface area contributed by atoms with E-state index in [0.717, 1.165) is 24.4 Å². The van der Waals surface area contributed by atoms with Crippen molar-refractivity contribution in [3.8, 4) is 5.75 Å². The fourth-order valence-electron chi connectivity index (χ4n) is 3.79. The van der Waals surface area contributed by atoms with Crippen LogP contribution in [0.5, 0.6) is 5.75 Å². The number of nitrogens with zero attached hydrogens (tertiary/aromatic N) is 2. The van der Waals surface area contributed by atoms with Crippen LogP contribution in [0.2, 0.25) is 0 Å². The van der Waals surface area contributed by atoms with Crippen molar-refractivity contribution in [3.63, 3.8) is 0 Å². The first-order valence-electron chi connectivity index (χ1n) is 10.3. The second-order valence-electron chi connectivity index (χ2n) is 7.53. The lowest BCUT2D eigenvalue weighted by atomic mass is 10.1. The third-order valence-corrected chi connectivity index (χ3v) is 6.34. The summed E-state index contributed by atoms with van der Waals surface area (Å²) in [6.07, 6.45) is 2.40. The summed E-state index contributed by atoms with van der Waals surface area (Å²) in [7, 11) is -0.332. The molecule has 2 aromatic rings. The van der Waals surface area contributed by atoms with Gasteiger partial charge in [0.05, 0.1) is 18.0 Å². The number of methoxy groups -OCH3 is 1. The Morgan fingerprint density at radius 3 is 2.58 bits per heavy atom. The molecule has 2 aromatic carbocycles. The van der Waals surface area contributed by atoms with Crippen molar-refractivity contribution in [3.05, 3.63) is 59.7 Å². The van der Waals surface area contributed by atoms with E-state index in [0.29, 0.717) is 19.0 Å². The second kappa shape index (κ2) is 10.6. The number of guanidine groups is 1. The van der Waals surface area contributed by atoms with Gasteiger partial charge in [-0.05, 0) is 61.3 Å². The molecule has 4 N–H and O–H groups in total. The Morgan fingerprint density at radius 2 is 1.90 bits per heavy atom. The molecule has 1 saturated heterocycles. The van der Waals surface area contributed by atoms with E-state index < -0.39 is 10.0 Å². The van der Waals surface area contributed by atoms with Gasteiger partial charge in [0.15, 0.2) is 5.96 Å². The van der Waals surface area contributed by atoms with E-state index in [-0.39, 0.29) is 10.9 Å². The van der Waals surface area contributed by atoms with Crippen LogP contribution in [0.15, 0.2) is 58.4 Å². The van der Waals surface area contributed by atoms with Crippen molar-refractivity contribution in [2.75, 3.05) is 33.8 Å². The minimum atomic E-state index is -3.73. The van der Waals surface area contributed by atoms with Crippen LogP contribution >= 0.6 is 0 Å². The predicted octanol–water partition coefficient (Wildman–Crippen LogP) is 1.84. The summed E-state index contributed by atoms with van der Waals surface area (Å²) in [6.45, 7) is 3.24. The first-order valence-corrected chi connectivity index (χ1v) is 11.9. The van der Waals surface area contributed by atoms with E-state index in [1.807, 2.05) is 18.2 Å². The van der Waals surface area contributed by atoms with Gasteiger partial charge >= 0.3 is 0 Å². The Bertz CT molecular complexity index is 1000. The van der Waals surface area contributed by atoms with Crippen LogP contribution < -0.4 is 20.5 Å². The lowest BCUT2D eigenvalue weighted by Crippen LogP contribution is -2.42. The maximum absolute atomic E-state index is 11.6. The summed E-state index contributed by atoms with van der Waals surface area (Å²) in [5, 5.41) is 11.9. The summed E-state index contributed by atoms with van der Waals surface area (Å²) in [4.78, 5) is 6.88. The van der Waals surface area contributed by atoms with Crippen LogP contribution in [0, 0.1) is 0 Å². The number of hydrogen-bond acceptors (Lipinski definition) is 5. The van der Waals surface area contributed by atoms with Crippen molar-refractivity contribution < 1.29 is 13.2 Å². The number of nitrogens with one attached hydrogen (secondary N) is 2. The molecule has 0 saturated carbocycles. The molecule has 1 aliphatic heterocycles. The number of likely N-dealkylation sites (tertiary alicyclic amines) is 1. The zero-order valence-electron chi connectivity index (χ0n) is 18.0. The third-order valence-electron chi connectivity index (χ3n) is 5.43. The van der Waals surface area contributed by atoms with Crippen LogP contribution in [0.4, 0.5) is 0 Å². The second-order valence-corrected chi connectivity index (χ2v) is 9.10. The monoisotopic (exact) mass is 445 g/mol. The first kappa shape index (κ1) is 23.1. The minimum absolute atomic E-state index is 0.0990. The highest BCUT2D eigenvalue weighted by molar-refractivity contribution is 7.89. The normalized spacial score (nSPS) is 16.2. The molecular formula is C22H31N5O3S. The number of benzene rings is 2. The standard InChI is InChI=1S/C22H31N5O3S/c1-24-22(25-15-17-7-5-10-20(13-17)31(23,28)29)26-16-21(27-11-3-4-12-27)18-8-6-9-19(14-18)30-2/h5-10,13-14,21H,3-4,11-12,15-16H2,1-2H3,(H2,23,28,29)(H2,24,25,26). The highest BCUT2D eigenvalue weighted by atomic mass is 32.2. The van der Waals surface area contributed by atoms with Crippen LogP contribution in [0.25, 0.3) is 0 Å². The molecule has 0 radical (unpaired) electrons. The van der Waals surface area contributed by atoms with Crippen LogP contribution in [0.3, 0.4) is 0 Å². The lowest BCUT2D eigenvalue weighted by molar-refractivity contribution is 0.245. The third kappa shape index (κ3) is 6.43. The Morgan fingerprint density at radius 1 is 1.16 bits per heavy atom. The van der Waals surface area contributed by atoms with Gasteiger partial charge in [-0.1, -0.05) is 24.3 Å². The van der Waals surface area contributed by atoms with Crippen molar-refractivity contribution in [2.45, 2.75) is 30.3 Å². The molecule has 0 amide bonds. The maximum atomic E-state index is 11.6. The van der Waals surface area contributed by atoms with E-state index in [1.165, 1.54) is 24.5 Å². The van der Waals surface area contributed by atoms with E-state index in [4.69, 9.17) is 9.88 Å². The van der Waals surface area contributed by atoms with E-state index >= 15 is 0 Å². The van der Waals surface area contributed by atoms with Gasteiger partial charge in [0.1, 0.15) is 5.75 Å². The van der Waals surface area contributed by atoms with Crippen molar-refractivity contribution in [1.29, 1.82) is 0 Å². The zero-order valence-corrected chi connectivity index (χ0v) is 18.9. The van der Waals surface area contributed by atoms with E-state index in [9.17, 15) is 8.42 Å². The van der Waals surface area contributed by atoms with Crippen molar-refractivity contribution >= 4 is 16.0 Å². The summed E-state index contributed by atoms with van der Waals surface area (Å²) < 4.78 is 28.6. The Kier molecular flexibility index (Phi) is 7.89. The molecule has 0 bridgehead atoms. The molecule has 1 unspecified atom stereocenters. The number of primary sulfonamides is 1. The minimum Gasteiger partial charge on any atom is -0.497 e. The number of sulfonamides is 1. The van der Waals surface area contributed by atoms with Crippen molar-refractivity contribution in [2.24, 2.45) is 10.1 Å². The van der Waals surface area contributed by atoms with Crippen LogP contribution in [-0.2, 0) is 16.6 Å². The molecule has 1 atom stereocenters. The Labute approximate surface area is 184 Å². The fraction of sp³-hybridized carbons (Fsp3) is 0.409. The van der Waals surface area contributed by atoms with Gasteiger partial charge in [0.25, 0.3) is 0 Å². The fourth-order valence-corrected chi connectivity index (χ4v) is 4.38. The molecule has 0 aromatic heterocycles. The lowest BCUT2D eigenvalue weighted by Gasteiger charge is -2.29. The van der Waals surface area contributed by atoms with Gasteiger partial charge in [0.2, 0.25) is 10.0 Å². The first-order chi connectivity index (χ1) is 14.9.